The molecule has 1 N–H and O–H groups in total. The fourth-order valence-electron chi connectivity index (χ4n) is 1.60. The summed E-state index contributed by atoms with van der Waals surface area (Å²) in [5, 5.41) is 9.83. The van der Waals surface area contributed by atoms with Gasteiger partial charge in [0.25, 0.3) is 0 Å². The Morgan fingerprint density at radius 3 is 2.50 bits per heavy atom. The van der Waals surface area contributed by atoms with Crippen LogP contribution in [0, 0.1) is 0 Å². The molecular formula is C13H17F3O2. The minimum absolute atomic E-state index is 0.0227. The van der Waals surface area contributed by atoms with Gasteiger partial charge in [-0.2, -0.15) is 13.2 Å². The highest BCUT2D eigenvalue weighted by Crippen LogP contribution is 2.31. The Morgan fingerprint density at radius 1 is 1.28 bits per heavy atom. The quantitative estimate of drug-likeness (QED) is 0.879. The van der Waals surface area contributed by atoms with Crippen LogP contribution in [0.15, 0.2) is 24.3 Å². The van der Waals surface area contributed by atoms with Crippen LogP contribution in [0.3, 0.4) is 0 Å². The number of benzene rings is 1. The molecule has 1 rings (SSSR count). The van der Waals surface area contributed by atoms with Crippen LogP contribution < -0.4 is 0 Å². The second-order valence-corrected chi connectivity index (χ2v) is 4.26. The lowest BCUT2D eigenvalue weighted by Gasteiger charge is -2.15. The maximum absolute atomic E-state index is 12.5. The smallest absolute Gasteiger partial charge is 0.388 e. The van der Waals surface area contributed by atoms with Gasteiger partial charge in [-0.1, -0.05) is 12.1 Å². The maximum Gasteiger partial charge on any atom is 0.416 e. The summed E-state index contributed by atoms with van der Waals surface area (Å²) in [6, 6.07) is 4.79. The SMILES string of the molecule is COC(C)CCC(O)c1cccc(C(F)(F)F)c1. The lowest BCUT2D eigenvalue weighted by Crippen LogP contribution is -2.09. The number of methoxy groups -OCH3 is 1. The van der Waals surface area contributed by atoms with Crippen molar-refractivity contribution in [2.75, 3.05) is 7.11 Å². The van der Waals surface area contributed by atoms with Crippen molar-refractivity contribution in [3.8, 4) is 0 Å². The molecule has 0 radical (unpaired) electrons. The normalized spacial score (nSPS) is 15.4. The van der Waals surface area contributed by atoms with Crippen molar-refractivity contribution in [1.82, 2.24) is 0 Å². The summed E-state index contributed by atoms with van der Waals surface area (Å²) < 4.78 is 42.5. The average Bonchev–Trinajstić information content (AvgIpc) is 2.34. The summed E-state index contributed by atoms with van der Waals surface area (Å²) in [5.41, 5.74) is -0.452. The van der Waals surface area contributed by atoms with Crippen LogP contribution in [0.25, 0.3) is 0 Å². The highest BCUT2D eigenvalue weighted by Gasteiger charge is 2.30. The summed E-state index contributed by atoms with van der Waals surface area (Å²) >= 11 is 0. The van der Waals surface area contributed by atoms with E-state index >= 15 is 0 Å². The van der Waals surface area contributed by atoms with E-state index in [-0.39, 0.29) is 11.7 Å². The van der Waals surface area contributed by atoms with Crippen LogP contribution >= 0.6 is 0 Å². The van der Waals surface area contributed by atoms with Crippen LogP contribution in [0.5, 0.6) is 0 Å². The van der Waals surface area contributed by atoms with E-state index in [1.54, 1.807) is 7.11 Å². The van der Waals surface area contributed by atoms with Gasteiger partial charge in [0.15, 0.2) is 0 Å². The second kappa shape index (κ2) is 6.20. The first-order valence-electron chi connectivity index (χ1n) is 5.72. The predicted molar refractivity (Wildman–Crippen MR) is 62.1 cm³/mol. The monoisotopic (exact) mass is 262 g/mol. The summed E-state index contributed by atoms with van der Waals surface area (Å²) in [6.07, 6.45) is -4.34. The average molecular weight is 262 g/mol. The zero-order valence-electron chi connectivity index (χ0n) is 10.4. The maximum atomic E-state index is 12.5. The number of halogens is 3. The molecule has 0 aromatic heterocycles. The summed E-state index contributed by atoms with van der Waals surface area (Å²) in [6.45, 7) is 1.85. The van der Waals surface area contributed by atoms with Crippen molar-refractivity contribution in [3.63, 3.8) is 0 Å². The molecule has 2 unspecified atom stereocenters. The first-order valence-corrected chi connectivity index (χ1v) is 5.72. The summed E-state index contributed by atoms with van der Waals surface area (Å²) in [4.78, 5) is 0. The Hall–Kier alpha value is -1.07. The van der Waals surface area contributed by atoms with Gasteiger partial charge < -0.3 is 9.84 Å². The number of aliphatic hydroxyl groups excluding tert-OH is 1. The standard InChI is InChI=1S/C13H17F3O2/c1-9(18-2)6-7-12(17)10-4-3-5-11(8-10)13(14,15)16/h3-5,8-9,12,17H,6-7H2,1-2H3. The van der Waals surface area contributed by atoms with E-state index < -0.39 is 17.8 Å². The molecular weight excluding hydrogens is 245 g/mol. The third kappa shape index (κ3) is 4.31. The van der Waals surface area contributed by atoms with Crippen molar-refractivity contribution in [2.45, 2.75) is 38.1 Å². The van der Waals surface area contributed by atoms with Crippen molar-refractivity contribution < 1.29 is 23.0 Å². The fourth-order valence-corrected chi connectivity index (χ4v) is 1.60. The zero-order valence-corrected chi connectivity index (χ0v) is 10.4. The van der Waals surface area contributed by atoms with Crippen molar-refractivity contribution in [3.05, 3.63) is 35.4 Å². The fraction of sp³-hybridized carbons (Fsp3) is 0.538. The van der Waals surface area contributed by atoms with Gasteiger partial charge in [0.2, 0.25) is 0 Å². The Kier molecular flexibility index (Phi) is 5.16. The van der Waals surface area contributed by atoms with Gasteiger partial charge in [0.05, 0.1) is 17.8 Å². The number of alkyl halides is 3. The van der Waals surface area contributed by atoms with Crippen molar-refractivity contribution in [2.24, 2.45) is 0 Å². The van der Waals surface area contributed by atoms with Crippen molar-refractivity contribution in [1.29, 1.82) is 0 Å². The van der Waals surface area contributed by atoms with E-state index in [2.05, 4.69) is 0 Å². The van der Waals surface area contributed by atoms with E-state index in [1.807, 2.05) is 6.92 Å². The topological polar surface area (TPSA) is 29.5 Å². The van der Waals surface area contributed by atoms with Crippen LogP contribution in [0.4, 0.5) is 13.2 Å². The molecule has 5 heteroatoms. The van der Waals surface area contributed by atoms with E-state index in [9.17, 15) is 18.3 Å². The van der Waals surface area contributed by atoms with Gasteiger partial charge in [-0.05, 0) is 37.5 Å². The first kappa shape index (κ1) is 15.0. The number of ether oxygens (including phenoxy) is 1. The van der Waals surface area contributed by atoms with Gasteiger partial charge in [0, 0.05) is 7.11 Å². The molecule has 0 saturated carbocycles. The molecule has 0 heterocycles. The lowest BCUT2D eigenvalue weighted by molar-refractivity contribution is -0.137. The molecule has 1 aromatic carbocycles. The van der Waals surface area contributed by atoms with E-state index in [4.69, 9.17) is 4.74 Å². The molecule has 0 saturated heterocycles. The van der Waals surface area contributed by atoms with E-state index in [1.165, 1.54) is 12.1 Å². The number of aliphatic hydroxyl groups is 1. The Labute approximate surface area is 104 Å². The Bertz CT molecular complexity index is 377. The minimum atomic E-state index is -4.38. The van der Waals surface area contributed by atoms with Crippen LogP contribution in [-0.2, 0) is 10.9 Å². The minimum Gasteiger partial charge on any atom is -0.388 e. The van der Waals surface area contributed by atoms with E-state index in [0.29, 0.717) is 12.8 Å². The van der Waals surface area contributed by atoms with Gasteiger partial charge in [0.1, 0.15) is 0 Å². The predicted octanol–water partition coefficient (Wildman–Crippen LogP) is 3.55. The second-order valence-electron chi connectivity index (χ2n) is 4.26. The van der Waals surface area contributed by atoms with Gasteiger partial charge >= 0.3 is 6.18 Å². The molecule has 1 aromatic rings. The highest BCUT2D eigenvalue weighted by molar-refractivity contribution is 5.27. The molecule has 0 aliphatic carbocycles. The Balaban J connectivity index is 2.71. The molecule has 0 fully saturated rings. The molecule has 0 aliphatic heterocycles. The number of hydrogen-bond acceptors (Lipinski definition) is 2. The Morgan fingerprint density at radius 2 is 1.94 bits per heavy atom. The molecule has 0 aliphatic rings. The van der Waals surface area contributed by atoms with Crippen LogP contribution in [0.1, 0.15) is 37.0 Å². The molecule has 18 heavy (non-hydrogen) atoms. The molecule has 0 amide bonds. The molecule has 2 atom stereocenters. The van der Waals surface area contributed by atoms with Crippen LogP contribution in [0.2, 0.25) is 0 Å². The summed E-state index contributed by atoms with van der Waals surface area (Å²) in [5.74, 6) is 0. The third-order valence-corrected chi connectivity index (χ3v) is 2.85. The van der Waals surface area contributed by atoms with Crippen LogP contribution in [-0.4, -0.2) is 18.3 Å². The molecule has 102 valence electrons. The largest absolute Gasteiger partial charge is 0.416 e. The first-order chi connectivity index (χ1) is 8.34. The van der Waals surface area contributed by atoms with E-state index in [0.717, 1.165) is 12.1 Å². The van der Waals surface area contributed by atoms with Gasteiger partial charge in [-0.3, -0.25) is 0 Å². The zero-order chi connectivity index (χ0) is 13.8. The summed E-state index contributed by atoms with van der Waals surface area (Å²) in [7, 11) is 1.56. The number of rotatable bonds is 5. The lowest BCUT2D eigenvalue weighted by atomic mass is 10.0. The highest BCUT2D eigenvalue weighted by atomic mass is 19.4. The molecule has 2 nitrogen and oxygen atoms in total. The van der Waals surface area contributed by atoms with Crippen molar-refractivity contribution >= 4 is 0 Å². The molecule has 0 bridgehead atoms. The van der Waals surface area contributed by atoms with Gasteiger partial charge in [-0.25, -0.2) is 0 Å². The molecule has 0 spiro atoms. The van der Waals surface area contributed by atoms with Gasteiger partial charge in [-0.15, -0.1) is 0 Å². The third-order valence-electron chi connectivity index (χ3n) is 2.85. The number of hydrogen-bond donors (Lipinski definition) is 1.